The van der Waals surface area contributed by atoms with Gasteiger partial charge in [0, 0.05) is 35.1 Å². The third kappa shape index (κ3) is 6.15. The minimum atomic E-state index is -3.67. The molecule has 1 aliphatic heterocycles. The van der Waals surface area contributed by atoms with Crippen LogP contribution >= 0.6 is 11.8 Å². The van der Waals surface area contributed by atoms with E-state index < -0.39 is 30.2 Å². The number of nitrogens with zero attached hydrogens (tertiary/aromatic N) is 4. The molecule has 0 radical (unpaired) electrons. The van der Waals surface area contributed by atoms with Crippen molar-refractivity contribution in [3.05, 3.63) is 107 Å². The zero-order chi connectivity index (χ0) is 28.0. The SMILES string of the molecule is CCOC(=O)C1=C(C)N(c2cccc(C(F)(F)CF)c2)C(SCc2ccncc2)=NC1c1ccc(C#N)cc1. The number of ether oxygens (including phenoxy) is 1. The highest BCUT2D eigenvalue weighted by molar-refractivity contribution is 8.13. The Hall–Kier alpha value is -4.10. The van der Waals surface area contributed by atoms with Gasteiger partial charge in [0.05, 0.1) is 23.8 Å². The van der Waals surface area contributed by atoms with Gasteiger partial charge in [-0.25, -0.2) is 14.2 Å². The third-order valence-electron chi connectivity index (χ3n) is 6.09. The zero-order valence-corrected chi connectivity index (χ0v) is 22.1. The summed E-state index contributed by atoms with van der Waals surface area (Å²) in [5.41, 5.74) is 2.57. The maximum absolute atomic E-state index is 14.3. The molecular weight excluding hydrogens is 525 g/mol. The van der Waals surface area contributed by atoms with Crippen molar-refractivity contribution in [1.82, 2.24) is 4.98 Å². The van der Waals surface area contributed by atoms with E-state index in [0.29, 0.717) is 33.4 Å². The van der Waals surface area contributed by atoms with Crippen molar-refractivity contribution in [2.75, 3.05) is 18.2 Å². The van der Waals surface area contributed by atoms with Gasteiger partial charge in [-0.15, -0.1) is 0 Å². The maximum Gasteiger partial charge on any atom is 0.338 e. The lowest BCUT2D eigenvalue weighted by Gasteiger charge is -2.35. The first-order chi connectivity index (χ1) is 18.8. The number of benzene rings is 2. The number of amidine groups is 1. The van der Waals surface area contributed by atoms with Crippen LogP contribution in [-0.4, -0.2) is 29.4 Å². The Morgan fingerprint density at radius 2 is 1.87 bits per heavy atom. The van der Waals surface area contributed by atoms with Crippen molar-refractivity contribution in [3.8, 4) is 6.07 Å². The van der Waals surface area contributed by atoms with Crippen molar-refractivity contribution in [1.29, 1.82) is 5.26 Å². The highest BCUT2D eigenvalue weighted by Gasteiger charge is 2.37. The van der Waals surface area contributed by atoms with Crippen LogP contribution in [0.3, 0.4) is 0 Å². The average molecular weight is 551 g/mol. The number of nitriles is 1. The van der Waals surface area contributed by atoms with Crippen molar-refractivity contribution in [3.63, 3.8) is 0 Å². The Morgan fingerprint density at radius 1 is 1.15 bits per heavy atom. The summed E-state index contributed by atoms with van der Waals surface area (Å²) in [6, 6.07) is 17.1. The molecule has 0 bridgehead atoms. The predicted octanol–water partition coefficient (Wildman–Crippen LogP) is 6.70. The molecule has 0 fully saturated rings. The number of carbonyl (C=O) groups excluding carboxylic acids is 1. The van der Waals surface area contributed by atoms with Crippen LogP contribution < -0.4 is 4.90 Å². The summed E-state index contributed by atoms with van der Waals surface area (Å²) in [4.78, 5) is 23.8. The van der Waals surface area contributed by atoms with E-state index in [-0.39, 0.29) is 12.2 Å². The average Bonchev–Trinajstić information content (AvgIpc) is 2.96. The predicted molar refractivity (Wildman–Crippen MR) is 145 cm³/mol. The fourth-order valence-electron chi connectivity index (χ4n) is 4.13. The second-order valence-electron chi connectivity index (χ2n) is 8.64. The Labute approximate surface area is 228 Å². The largest absolute Gasteiger partial charge is 0.463 e. The summed E-state index contributed by atoms with van der Waals surface area (Å²) in [5.74, 6) is -3.78. The van der Waals surface area contributed by atoms with Crippen LogP contribution in [0.2, 0.25) is 0 Å². The number of allylic oxidation sites excluding steroid dienone is 1. The molecule has 6 nitrogen and oxygen atoms in total. The number of thioether (sulfide) groups is 1. The number of aliphatic imine (C=N–C) groups is 1. The molecule has 1 unspecified atom stereocenters. The van der Waals surface area contributed by atoms with Crippen molar-refractivity contribution in [2.45, 2.75) is 31.6 Å². The molecule has 0 saturated carbocycles. The smallest absolute Gasteiger partial charge is 0.338 e. The first kappa shape index (κ1) is 27.9. The Kier molecular flexibility index (Phi) is 8.72. The molecule has 1 aliphatic rings. The molecule has 10 heteroatoms. The monoisotopic (exact) mass is 550 g/mol. The van der Waals surface area contributed by atoms with E-state index in [0.717, 1.165) is 5.56 Å². The summed E-state index contributed by atoms with van der Waals surface area (Å²) in [6.45, 7) is 1.68. The second-order valence-corrected chi connectivity index (χ2v) is 9.58. The molecule has 3 aromatic rings. The maximum atomic E-state index is 14.3. The van der Waals surface area contributed by atoms with E-state index in [1.807, 2.05) is 12.1 Å². The summed E-state index contributed by atoms with van der Waals surface area (Å²) >= 11 is 1.36. The molecule has 4 rings (SSSR count). The van der Waals surface area contributed by atoms with Crippen LogP contribution in [0.4, 0.5) is 18.9 Å². The molecule has 0 spiro atoms. The number of carbonyl (C=O) groups is 1. The second kappa shape index (κ2) is 12.2. The van der Waals surface area contributed by atoms with E-state index in [2.05, 4.69) is 11.1 Å². The number of pyridine rings is 1. The fraction of sp³-hybridized carbons (Fsp3) is 0.241. The van der Waals surface area contributed by atoms with Crippen molar-refractivity contribution >= 4 is 28.6 Å². The minimum Gasteiger partial charge on any atom is -0.463 e. The Morgan fingerprint density at radius 3 is 2.51 bits per heavy atom. The van der Waals surface area contributed by atoms with Gasteiger partial charge >= 0.3 is 11.9 Å². The van der Waals surface area contributed by atoms with Gasteiger partial charge in [-0.2, -0.15) is 14.0 Å². The van der Waals surface area contributed by atoms with Crippen LogP contribution in [0.15, 0.2) is 89.3 Å². The number of anilines is 1. The Balaban J connectivity index is 1.87. The van der Waals surface area contributed by atoms with Crippen LogP contribution in [0.1, 0.15) is 42.1 Å². The normalized spacial score (nSPS) is 15.5. The molecule has 200 valence electrons. The number of aromatic nitrogens is 1. The molecule has 1 atom stereocenters. The standard InChI is InChI=1S/C29H25F3N4O2S/c1-3-38-27(37)25-19(2)36(24-6-4-5-23(15-24)29(31,32)18-30)28(39-17-21-11-13-34-14-12-21)35-26(25)22-9-7-20(16-33)8-10-22/h4-15,26H,3,17-18H2,1-2H3. The molecule has 1 aromatic heterocycles. The van der Waals surface area contributed by atoms with Gasteiger partial charge in [0.25, 0.3) is 0 Å². The van der Waals surface area contributed by atoms with Gasteiger partial charge in [-0.05, 0) is 61.4 Å². The third-order valence-corrected chi connectivity index (χ3v) is 7.12. The summed E-state index contributed by atoms with van der Waals surface area (Å²) in [7, 11) is 0. The van der Waals surface area contributed by atoms with Gasteiger partial charge in [0.2, 0.25) is 0 Å². The van der Waals surface area contributed by atoms with Gasteiger partial charge in [-0.3, -0.25) is 9.88 Å². The van der Waals surface area contributed by atoms with Crippen LogP contribution in [-0.2, 0) is 21.2 Å². The molecule has 2 heterocycles. The van der Waals surface area contributed by atoms with Crippen LogP contribution in [0, 0.1) is 11.3 Å². The quantitative estimate of drug-likeness (QED) is 0.291. The number of esters is 1. The topological polar surface area (TPSA) is 78.6 Å². The lowest BCUT2D eigenvalue weighted by Crippen LogP contribution is -2.35. The number of alkyl halides is 3. The molecule has 0 saturated heterocycles. The summed E-state index contributed by atoms with van der Waals surface area (Å²) in [6.07, 6.45) is 3.34. The number of hydrogen-bond donors (Lipinski definition) is 0. The molecule has 39 heavy (non-hydrogen) atoms. The molecule has 0 amide bonds. The first-order valence-electron chi connectivity index (χ1n) is 12.1. The zero-order valence-electron chi connectivity index (χ0n) is 21.3. The van der Waals surface area contributed by atoms with E-state index in [9.17, 15) is 23.2 Å². The van der Waals surface area contributed by atoms with Crippen LogP contribution in [0.5, 0.6) is 0 Å². The molecular formula is C29H25F3N4O2S. The fourth-order valence-corrected chi connectivity index (χ4v) is 5.17. The van der Waals surface area contributed by atoms with Gasteiger partial charge in [0.15, 0.2) is 11.8 Å². The van der Waals surface area contributed by atoms with Gasteiger partial charge in [0.1, 0.15) is 6.04 Å². The van der Waals surface area contributed by atoms with Crippen molar-refractivity contribution in [2.24, 2.45) is 4.99 Å². The van der Waals surface area contributed by atoms with E-state index in [4.69, 9.17) is 9.73 Å². The first-order valence-corrected chi connectivity index (χ1v) is 13.1. The van der Waals surface area contributed by atoms with Gasteiger partial charge < -0.3 is 4.74 Å². The highest BCUT2D eigenvalue weighted by atomic mass is 32.2. The van der Waals surface area contributed by atoms with Crippen LogP contribution in [0.25, 0.3) is 0 Å². The highest BCUT2D eigenvalue weighted by Crippen LogP contribution is 2.41. The van der Waals surface area contributed by atoms with Gasteiger partial charge in [-0.1, -0.05) is 36.0 Å². The Bertz CT molecular complexity index is 1440. The van der Waals surface area contributed by atoms with E-state index in [1.54, 1.807) is 61.5 Å². The number of hydrogen-bond acceptors (Lipinski definition) is 7. The lowest BCUT2D eigenvalue weighted by atomic mass is 9.95. The van der Waals surface area contributed by atoms with E-state index in [1.165, 1.54) is 30.0 Å². The molecule has 0 N–H and O–H groups in total. The molecule has 2 aromatic carbocycles. The number of halogens is 3. The number of rotatable bonds is 8. The minimum absolute atomic E-state index is 0.126. The lowest BCUT2D eigenvalue weighted by molar-refractivity contribution is -0.138. The van der Waals surface area contributed by atoms with Crippen molar-refractivity contribution < 1.29 is 22.7 Å². The summed E-state index contributed by atoms with van der Waals surface area (Å²) < 4.78 is 47.1. The summed E-state index contributed by atoms with van der Waals surface area (Å²) in [5, 5.41) is 9.67. The van der Waals surface area contributed by atoms with E-state index >= 15 is 0 Å². The molecule has 0 aliphatic carbocycles.